The van der Waals surface area contributed by atoms with Gasteiger partial charge in [-0.1, -0.05) is 6.92 Å². The third-order valence-corrected chi connectivity index (χ3v) is 3.92. The first kappa shape index (κ1) is 13.2. The van der Waals surface area contributed by atoms with Crippen molar-refractivity contribution in [2.45, 2.75) is 32.7 Å². The Morgan fingerprint density at radius 3 is 2.83 bits per heavy atom. The molecule has 0 saturated carbocycles. The summed E-state index contributed by atoms with van der Waals surface area (Å²) in [5, 5.41) is 0. The van der Waals surface area contributed by atoms with Gasteiger partial charge in [0.05, 0.1) is 0 Å². The summed E-state index contributed by atoms with van der Waals surface area (Å²) in [4.78, 5) is 4.91. The van der Waals surface area contributed by atoms with E-state index in [4.69, 9.17) is 5.73 Å². The van der Waals surface area contributed by atoms with Crippen molar-refractivity contribution >= 4 is 11.4 Å². The molecule has 18 heavy (non-hydrogen) atoms. The van der Waals surface area contributed by atoms with Gasteiger partial charge in [0, 0.05) is 31.0 Å². The van der Waals surface area contributed by atoms with Crippen LogP contribution in [0.5, 0.6) is 0 Å². The van der Waals surface area contributed by atoms with Gasteiger partial charge in [0.15, 0.2) is 0 Å². The Bertz CT molecular complexity index is 382. The zero-order chi connectivity index (χ0) is 13.1. The average molecular weight is 247 g/mol. The number of hydrogen-bond acceptors (Lipinski definition) is 3. The van der Waals surface area contributed by atoms with Gasteiger partial charge in [-0.15, -0.1) is 0 Å². The lowest BCUT2D eigenvalue weighted by Crippen LogP contribution is -2.38. The molecule has 1 fully saturated rings. The predicted molar refractivity (Wildman–Crippen MR) is 79.1 cm³/mol. The SMILES string of the molecule is CCN1CCCC1CN(C)c1cc(C)cc(N)c1. The molecular weight excluding hydrogens is 222 g/mol. The highest BCUT2D eigenvalue weighted by atomic mass is 15.2. The molecular formula is C15H25N3. The standard InChI is InChI=1S/C15H25N3/c1-4-18-7-5-6-14(18)11-17(3)15-9-12(2)8-13(16)10-15/h8-10,14H,4-7,11,16H2,1-3H3. The van der Waals surface area contributed by atoms with Crippen LogP contribution in [0.3, 0.4) is 0 Å². The molecule has 100 valence electrons. The number of anilines is 2. The molecule has 0 radical (unpaired) electrons. The van der Waals surface area contributed by atoms with Crippen LogP contribution in [-0.2, 0) is 0 Å². The first-order valence-corrected chi connectivity index (χ1v) is 6.92. The van der Waals surface area contributed by atoms with E-state index < -0.39 is 0 Å². The first-order chi connectivity index (χ1) is 8.60. The van der Waals surface area contributed by atoms with Crippen molar-refractivity contribution in [3.05, 3.63) is 23.8 Å². The van der Waals surface area contributed by atoms with Gasteiger partial charge in [0.1, 0.15) is 0 Å². The molecule has 1 unspecified atom stereocenters. The summed E-state index contributed by atoms with van der Waals surface area (Å²) in [6.45, 7) is 7.86. The highest BCUT2D eigenvalue weighted by Crippen LogP contribution is 2.23. The van der Waals surface area contributed by atoms with Crippen molar-refractivity contribution in [2.75, 3.05) is 37.3 Å². The van der Waals surface area contributed by atoms with Gasteiger partial charge in [-0.25, -0.2) is 0 Å². The number of nitrogen functional groups attached to an aromatic ring is 1. The predicted octanol–water partition coefficient (Wildman–Crippen LogP) is 2.50. The van der Waals surface area contributed by atoms with Crippen LogP contribution in [0.2, 0.25) is 0 Å². The number of likely N-dealkylation sites (tertiary alicyclic amines) is 1. The number of nitrogens with two attached hydrogens (primary N) is 1. The number of rotatable bonds is 4. The van der Waals surface area contributed by atoms with Gasteiger partial charge >= 0.3 is 0 Å². The lowest BCUT2D eigenvalue weighted by Gasteiger charge is -2.29. The largest absolute Gasteiger partial charge is 0.399 e. The van der Waals surface area contributed by atoms with Crippen LogP contribution in [0.15, 0.2) is 18.2 Å². The molecule has 0 amide bonds. The van der Waals surface area contributed by atoms with E-state index in [1.807, 2.05) is 6.07 Å². The number of aryl methyl sites for hydroxylation is 1. The Morgan fingerprint density at radius 1 is 1.39 bits per heavy atom. The Labute approximate surface area is 111 Å². The lowest BCUT2D eigenvalue weighted by atomic mass is 10.1. The molecule has 0 aliphatic carbocycles. The van der Waals surface area contributed by atoms with Crippen LogP contribution in [0, 0.1) is 6.92 Å². The molecule has 3 heteroatoms. The van der Waals surface area contributed by atoms with E-state index in [1.165, 1.54) is 30.6 Å². The van der Waals surface area contributed by atoms with E-state index >= 15 is 0 Å². The van der Waals surface area contributed by atoms with E-state index in [-0.39, 0.29) is 0 Å². The second-order valence-corrected chi connectivity index (χ2v) is 5.41. The fourth-order valence-electron chi connectivity index (χ4n) is 2.95. The smallest absolute Gasteiger partial charge is 0.0387 e. The molecule has 1 aromatic carbocycles. The molecule has 0 bridgehead atoms. The zero-order valence-corrected chi connectivity index (χ0v) is 11.8. The van der Waals surface area contributed by atoms with E-state index in [2.05, 4.69) is 42.8 Å². The number of likely N-dealkylation sites (N-methyl/N-ethyl adjacent to an activating group) is 2. The third-order valence-electron chi connectivity index (χ3n) is 3.92. The zero-order valence-electron chi connectivity index (χ0n) is 11.8. The molecule has 2 rings (SSSR count). The van der Waals surface area contributed by atoms with Crippen molar-refractivity contribution in [3.8, 4) is 0 Å². The fraction of sp³-hybridized carbons (Fsp3) is 0.600. The molecule has 1 aliphatic rings. The molecule has 1 aromatic rings. The Morgan fingerprint density at radius 2 is 2.17 bits per heavy atom. The highest BCUT2D eigenvalue weighted by molar-refractivity contribution is 5.58. The monoisotopic (exact) mass is 247 g/mol. The Kier molecular flexibility index (Phi) is 4.12. The summed E-state index contributed by atoms with van der Waals surface area (Å²) in [6.07, 6.45) is 2.65. The summed E-state index contributed by atoms with van der Waals surface area (Å²) >= 11 is 0. The van der Waals surface area contributed by atoms with Crippen molar-refractivity contribution in [1.29, 1.82) is 0 Å². The minimum absolute atomic E-state index is 0.696. The molecule has 3 nitrogen and oxygen atoms in total. The second-order valence-electron chi connectivity index (χ2n) is 5.41. The van der Waals surface area contributed by atoms with E-state index in [0.717, 1.165) is 18.8 Å². The second kappa shape index (κ2) is 5.61. The maximum absolute atomic E-state index is 5.92. The normalized spacial score (nSPS) is 20.3. The van der Waals surface area contributed by atoms with E-state index in [9.17, 15) is 0 Å². The van der Waals surface area contributed by atoms with Crippen LogP contribution in [0.1, 0.15) is 25.3 Å². The molecule has 2 N–H and O–H groups in total. The highest BCUT2D eigenvalue weighted by Gasteiger charge is 2.24. The van der Waals surface area contributed by atoms with Crippen LogP contribution >= 0.6 is 0 Å². The maximum Gasteiger partial charge on any atom is 0.0387 e. The molecule has 1 atom stereocenters. The van der Waals surface area contributed by atoms with Crippen LogP contribution in [0.25, 0.3) is 0 Å². The molecule has 0 spiro atoms. The fourth-order valence-corrected chi connectivity index (χ4v) is 2.95. The molecule has 1 aliphatic heterocycles. The summed E-state index contributed by atoms with van der Waals surface area (Å²) in [5.74, 6) is 0. The third kappa shape index (κ3) is 2.96. The Hall–Kier alpha value is -1.22. The average Bonchev–Trinajstić information content (AvgIpc) is 2.75. The molecule has 0 aromatic heterocycles. The molecule has 1 saturated heterocycles. The van der Waals surface area contributed by atoms with Crippen molar-refractivity contribution in [2.24, 2.45) is 0 Å². The van der Waals surface area contributed by atoms with Gasteiger partial charge < -0.3 is 10.6 Å². The van der Waals surface area contributed by atoms with Crippen molar-refractivity contribution in [1.82, 2.24) is 4.90 Å². The van der Waals surface area contributed by atoms with Gasteiger partial charge in [-0.3, -0.25) is 4.90 Å². The van der Waals surface area contributed by atoms with Gasteiger partial charge in [0.25, 0.3) is 0 Å². The topological polar surface area (TPSA) is 32.5 Å². The number of nitrogens with zero attached hydrogens (tertiary/aromatic N) is 2. The first-order valence-electron chi connectivity index (χ1n) is 6.92. The van der Waals surface area contributed by atoms with Crippen LogP contribution < -0.4 is 10.6 Å². The summed E-state index contributed by atoms with van der Waals surface area (Å²) in [7, 11) is 2.17. The quantitative estimate of drug-likeness (QED) is 0.830. The van der Waals surface area contributed by atoms with E-state index in [1.54, 1.807) is 0 Å². The summed E-state index contributed by atoms with van der Waals surface area (Å²) < 4.78 is 0. The lowest BCUT2D eigenvalue weighted by molar-refractivity contribution is 0.270. The van der Waals surface area contributed by atoms with Gasteiger partial charge in [-0.2, -0.15) is 0 Å². The molecule has 1 heterocycles. The van der Waals surface area contributed by atoms with Crippen molar-refractivity contribution < 1.29 is 0 Å². The van der Waals surface area contributed by atoms with Crippen LogP contribution in [0.4, 0.5) is 11.4 Å². The van der Waals surface area contributed by atoms with Gasteiger partial charge in [-0.05, 0) is 56.6 Å². The van der Waals surface area contributed by atoms with Gasteiger partial charge in [0.2, 0.25) is 0 Å². The number of benzene rings is 1. The van der Waals surface area contributed by atoms with Crippen LogP contribution in [-0.4, -0.2) is 37.6 Å². The maximum atomic E-state index is 5.92. The minimum atomic E-state index is 0.696. The summed E-state index contributed by atoms with van der Waals surface area (Å²) in [5.41, 5.74) is 9.24. The summed E-state index contributed by atoms with van der Waals surface area (Å²) in [6, 6.07) is 6.99. The minimum Gasteiger partial charge on any atom is -0.399 e. The number of hydrogen-bond donors (Lipinski definition) is 1. The van der Waals surface area contributed by atoms with Crippen molar-refractivity contribution in [3.63, 3.8) is 0 Å². The van der Waals surface area contributed by atoms with E-state index in [0.29, 0.717) is 6.04 Å². The Balaban J connectivity index is 2.04.